The minimum atomic E-state index is -0.558. The molecule has 11 heavy (non-hydrogen) atoms. The van der Waals surface area contributed by atoms with Crippen LogP contribution in [0.3, 0.4) is 0 Å². The molecular weight excluding hydrogens is 162 g/mol. The third-order valence-corrected chi connectivity index (χ3v) is 1.99. The first-order valence-corrected chi connectivity index (χ1v) is 3.88. The highest BCUT2D eigenvalue weighted by molar-refractivity contribution is 6.64. The van der Waals surface area contributed by atoms with Crippen molar-refractivity contribution in [3.63, 3.8) is 0 Å². The molecule has 1 rings (SSSR count). The van der Waals surface area contributed by atoms with Crippen molar-refractivity contribution in [2.24, 2.45) is 11.7 Å². The van der Waals surface area contributed by atoms with Crippen molar-refractivity contribution in [1.29, 1.82) is 0 Å². The number of nitrogens with two attached hydrogens (primary N) is 1. The first kappa shape index (κ1) is 8.50. The predicted molar refractivity (Wildman–Crippen MR) is 45.2 cm³/mol. The van der Waals surface area contributed by atoms with E-state index in [9.17, 15) is 4.79 Å². The van der Waals surface area contributed by atoms with E-state index in [4.69, 9.17) is 17.3 Å². The minimum Gasteiger partial charge on any atom is -0.320 e. The van der Waals surface area contributed by atoms with Gasteiger partial charge in [-0.2, -0.15) is 0 Å². The van der Waals surface area contributed by atoms with E-state index in [0.29, 0.717) is 0 Å². The molecule has 1 aliphatic rings. The van der Waals surface area contributed by atoms with Crippen molar-refractivity contribution in [2.45, 2.75) is 12.5 Å². The first-order valence-electron chi connectivity index (χ1n) is 3.50. The number of hydrogen-bond acceptors (Lipinski definition) is 2. The lowest BCUT2D eigenvalue weighted by Gasteiger charge is -2.16. The number of rotatable bonds is 2. The molecule has 3 heteroatoms. The van der Waals surface area contributed by atoms with Gasteiger partial charge < -0.3 is 5.73 Å². The zero-order valence-electron chi connectivity index (χ0n) is 6.03. The summed E-state index contributed by atoms with van der Waals surface area (Å²) in [5.41, 5.74) is 5.52. The molecule has 0 radical (unpaired) electrons. The summed E-state index contributed by atoms with van der Waals surface area (Å²) < 4.78 is 0. The highest BCUT2D eigenvalue weighted by Gasteiger charge is 2.20. The predicted octanol–water partition coefficient (Wildman–Crippen LogP) is 1.21. The summed E-state index contributed by atoms with van der Waals surface area (Å²) in [4.78, 5) is 10.6. The van der Waals surface area contributed by atoms with E-state index in [0.717, 1.165) is 6.42 Å². The molecule has 0 spiro atoms. The number of halogens is 1. The Balaban J connectivity index is 2.55. The van der Waals surface area contributed by atoms with Crippen LogP contribution in [0.15, 0.2) is 24.3 Å². The largest absolute Gasteiger partial charge is 0.320 e. The van der Waals surface area contributed by atoms with Gasteiger partial charge in [0.15, 0.2) is 0 Å². The number of allylic oxidation sites excluding steroid dienone is 3. The highest BCUT2D eigenvalue weighted by Crippen LogP contribution is 2.15. The van der Waals surface area contributed by atoms with E-state index in [-0.39, 0.29) is 5.92 Å². The minimum absolute atomic E-state index is 0.0741. The SMILES string of the molecule is N[C@H](C(=O)Cl)C1C=CC=CC1. The van der Waals surface area contributed by atoms with Crippen LogP contribution >= 0.6 is 11.6 Å². The van der Waals surface area contributed by atoms with Gasteiger partial charge in [-0.15, -0.1) is 0 Å². The number of carbonyl (C=O) groups is 1. The molecule has 0 amide bonds. The molecule has 2 nitrogen and oxygen atoms in total. The van der Waals surface area contributed by atoms with E-state index in [2.05, 4.69) is 0 Å². The van der Waals surface area contributed by atoms with Gasteiger partial charge in [-0.05, 0) is 18.0 Å². The van der Waals surface area contributed by atoms with Gasteiger partial charge >= 0.3 is 0 Å². The summed E-state index contributed by atoms with van der Waals surface area (Å²) in [5, 5.41) is -0.463. The van der Waals surface area contributed by atoms with Crippen LogP contribution in [-0.2, 0) is 4.79 Å². The fourth-order valence-electron chi connectivity index (χ4n) is 1.03. The van der Waals surface area contributed by atoms with Crippen molar-refractivity contribution in [3.05, 3.63) is 24.3 Å². The van der Waals surface area contributed by atoms with Gasteiger partial charge in [0.2, 0.25) is 5.24 Å². The van der Waals surface area contributed by atoms with E-state index in [1.807, 2.05) is 24.3 Å². The second-order valence-electron chi connectivity index (χ2n) is 2.54. The standard InChI is InChI=1S/C8H10ClNO/c9-8(11)7(10)6-4-2-1-3-5-6/h1-4,6-7H,5,10H2/t6?,7-/m0/s1. The quantitative estimate of drug-likeness (QED) is 0.635. The number of carbonyl (C=O) groups excluding carboxylic acids is 1. The molecule has 0 aliphatic heterocycles. The van der Waals surface area contributed by atoms with Gasteiger partial charge in [0, 0.05) is 5.92 Å². The third kappa shape index (κ3) is 2.17. The summed E-state index contributed by atoms with van der Waals surface area (Å²) >= 11 is 5.24. The molecule has 0 aromatic carbocycles. The molecule has 1 unspecified atom stereocenters. The van der Waals surface area contributed by atoms with Crippen molar-refractivity contribution < 1.29 is 4.79 Å². The van der Waals surface area contributed by atoms with Crippen molar-refractivity contribution in [1.82, 2.24) is 0 Å². The van der Waals surface area contributed by atoms with E-state index in [1.54, 1.807) is 0 Å². The summed E-state index contributed by atoms with van der Waals surface area (Å²) in [6.07, 6.45) is 8.50. The molecule has 2 N–H and O–H groups in total. The summed E-state index contributed by atoms with van der Waals surface area (Å²) in [6.45, 7) is 0. The average molecular weight is 172 g/mol. The van der Waals surface area contributed by atoms with E-state index >= 15 is 0 Å². The lowest BCUT2D eigenvalue weighted by molar-refractivity contribution is -0.113. The fourth-order valence-corrected chi connectivity index (χ4v) is 1.20. The van der Waals surface area contributed by atoms with Crippen LogP contribution in [-0.4, -0.2) is 11.3 Å². The maximum Gasteiger partial charge on any atom is 0.238 e. The zero-order chi connectivity index (χ0) is 8.27. The van der Waals surface area contributed by atoms with Gasteiger partial charge in [0.05, 0.1) is 6.04 Å². The summed E-state index contributed by atoms with van der Waals surface area (Å²) in [7, 11) is 0. The highest BCUT2D eigenvalue weighted by atomic mass is 35.5. The fraction of sp³-hybridized carbons (Fsp3) is 0.375. The lowest BCUT2D eigenvalue weighted by Crippen LogP contribution is -2.34. The van der Waals surface area contributed by atoms with Crippen LogP contribution in [0.5, 0.6) is 0 Å². The Kier molecular flexibility index (Phi) is 2.85. The Morgan fingerprint density at radius 3 is 2.82 bits per heavy atom. The van der Waals surface area contributed by atoms with E-state index < -0.39 is 11.3 Å². The summed E-state index contributed by atoms with van der Waals surface area (Å²) in [5.74, 6) is 0.0741. The van der Waals surface area contributed by atoms with Gasteiger partial charge in [-0.25, -0.2) is 0 Å². The maximum atomic E-state index is 10.6. The molecular formula is C8H10ClNO. The normalized spacial score (nSPS) is 25.1. The van der Waals surface area contributed by atoms with Crippen LogP contribution in [0, 0.1) is 5.92 Å². The average Bonchev–Trinajstić information content (AvgIpc) is 2.05. The van der Waals surface area contributed by atoms with Gasteiger partial charge in [0.1, 0.15) is 0 Å². The van der Waals surface area contributed by atoms with E-state index in [1.165, 1.54) is 0 Å². The molecule has 0 aromatic rings. The molecule has 0 saturated heterocycles. The zero-order valence-corrected chi connectivity index (χ0v) is 6.79. The Hall–Kier alpha value is -0.600. The van der Waals surface area contributed by atoms with Crippen LogP contribution in [0.2, 0.25) is 0 Å². The molecule has 0 saturated carbocycles. The monoisotopic (exact) mass is 171 g/mol. The van der Waals surface area contributed by atoms with Crippen LogP contribution in [0.25, 0.3) is 0 Å². The molecule has 0 aromatic heterocycles. The Morgan fingerprint density at radius 1 is 1.64 bits per heavy atom. The molecule has 0 fully saturated rings. The molecule has 0 heterocycles. The van der Waals surface area contributed by atoms with Gasteiger partial charge in [-0.3, -0.25) is 4.79 Å². The maximum absolute atomic E-state index is 10.6. The Morgan fingerprint density at radius 2 is 2.36 bits per heavy atom. The van der Waals surface area contributed by atoms with Crippen LogP contribution in [0.4, 0.5) is 0 Å². The molecule has 0 bridgehead atoms. The second kappa shape index (κ2) is 3.69. The Labute approximate surface area is 70.7 Å². The number of hydrogen-bond donors (Lipinski definition) is 1. The molecule has 1 aliphatic carbocycles. The van der Waals surface area contributed by atoms with Crippen LogP contribution in [0.1, 0.15) is 6.42 Å². The van der Waals surface area contributed by atoms with Crippen molar-refractivity contribution in [2.75, 3.05) is 0 Å². The molecule has 2 atom stereocenters. The first-order chi connectivity index (χ1) is 5.22. The smallest absolute Gasteiger partial charge is 0.238 e. The van der Waals surface area contributed by atoms with Crippen molar-refractivity contribution >= 4 is 16.8 Å². The topological polar surface area (TPSA) is 43.1 Å². The van der Waals surface area contributed by atoms with Crippen LogP contribution < -0.4 is 5.73 Å². The Bertz CT molecular complexity index is 210. The van der Waals surface area contributed by atoms with Gasteiger partial charge in [0.25, 0.3) is 0 Å². The second-order valence-corrected chi connectivity index (χ2v) is 2.92. The molecule has 60 valence electrons. The lowest BCUT2D eigenvalue weighted by atomic mass is 9.94. The van der Waals surface area contributed by atoms with Gasteiger partial charge in [-0.1, -0.05) is 24.3 Å². The van der Waals surface area contributed by atoms with Crippen molar-refractivity contribution in [3.8, 4) is 0 Å². The third-order valence-electron chi connectivity index (χ3n) is 1.74. The summed E-state index contributed by atoms with van der Waals surface area (Å²) in [6, 6.07) is -0.558.